The van der Waals surface area contributed by atoms with Crippen LogP contribution in [0.5, 0.6) is 0 Å². The molecule has 0 aliphatic heterocycles. The maximum atomic E-state index is 8.22. The first-order valence-electron chi connectivity index (χ1n) is 1.81. The molecule has 6 heavy (non-hydrogen) atoms. The Morgan fingerprint density at radius 3 is 2.50 bits per heavy atom. The van der Waals surface area contributed by atoms with Crippen molar-refractivity contribution in [2.24, 2.45) is 0 Å². The van der Waals surface area contributed by atoms with Crippen LogP contribution in [-0.2, 0) is 0 Å². The van der Waals surface area contributed by atoms with Crippen LogP contribution in [0.2, 0.25) is 0 Å². The molecule has 0 aromatic heterocycles. The highest BCUT2D eigenvalue weighted by Crippen LogP contribution is 1.75. The van der Waals surface area contributed by atoms with E-state index in [1.165, 1.54) is 0 Å². The number of rotatable bonds is 2. The molecule has 1 unspecified atom stereocenters. The molecule has 0 saturated heterocycles. The van der Waals surface area contributed by atoms with Gasteiger partial charge in [-0.3, -0.25) is 4.72 Å². The van der Waals surface area contributed by atoms with Crippen LogP contribution < -0.4 is 4.72 Å². The van der Waals surface area contributed by atoms with E-state index in [1.807, 2.05) is 6.92 Å². The zero-order valence-electron chi connectivity index (χ0n) is 3.68. The summed E-state index contributed by atoms with van der Waals surface area (Å²) in [5.74, 6) is 0. The minimum atomic E-state index is 0.105. The van der Waals surface area contributed by atoms with Gasteiger partial charge in [-0.2, -0.15) is 0 Å². The van der Waals surface area contributed by atoms with Crippen molar-refractivity contribution in [3.05, 3.63) is 0 Å². The smallest absolute Gasteiger partial charge is 0.0590 e. The summed E-state index contributed by atoms with van der Waals surface area (Å²) in [6.07, 6.45) is 0. The fourth-order valence-electron chi connectivity index (χ4n) is 0.0408. The Morgan fingerprint density at radius 2 is 2.50 bits per heavy atom. The van der Waals surface area contributed by atoms with E-state index in [9.17, 15) is 0 Å². The Kier molecular flexibility index (Phi) is 3.62. The second-order valence-corrected chi connectivity index (χ2v) is 1.47. The number of hydrogen-bond donors (Lipinski definition) is 3. The molecule has 3 heteroatoms. The van der Waals surface area contributed by atoms with Crippen LogP contribution in [0, 0.1) is 0 Å². The third-order valence-corrected chi connectivity index (χ3v) is 0.935. The van der Waals surface area contributed by atoms with Gasteiger partial charge in [0.15, 0.2) is 0 Å². The lowest BCUT2D eigenvalue weighted by Crippen LogP contribution is -2.19. The van der Waals surface area contributed by atoms with Crippen molar-refractivity contribution >= 4 is 12.8 Å². The minimum Gasteiger partial charge on any atom is -0.395 e. The molecule has 0 heterocycles. The number of aliphatic hydroxyl groups excluding tert-OH is 1. The van der Waals surface area contributed by atoms with Crippen molar-refractivity contribution in [2.75, 3.05) is 6.61 Å². The predicted molar refractivity (Wildman–Crippen MR) is 28.7 cm³/mol. The summed E-state index contributed by atoms with van der Waals surface area (Å²) in [7, 11) is 0. The Bertz CT molecular complexity index is 30.0. The molecule has 0 amide bonds. The number of nitrogens with one attached hydrogen (secondary N) is 1. The van der Waals surface area contributed by atoms with Crippen molar-refractivity contribution in [1.29, 1.82) is 0 Å². The zero-order valence-corrected chi connectivity index (χ0v) is 4.57. The SMILES string of the molecule is CC(CO)NS. The average Bonchev–Trinajstić information content (AvgIpc) is 1.65. The third-order valence-electron chi connectivity index (χ3n) is 0.494. The summed E-state index contributed by atoms with van der Waals surface area (Å²) >= 11 is 3.69. The van der Waals surface area contributed by atoms with E-state index < -0.39 is 0 Å². The van der Waals surface area contributed by atoms with Crippen LogP contribution in [0.25, 0.3) is 0 Å². The molecule has 38 valence electrons. The van der Waals surface area contributed by atoms with Crippen LogP contribution in [-0.4, -0.2) is 17.8 Å². The molecule has 2 nitrogen and oxygen atoms in total. The highest BCUT2D eigenvalue weighted by molar-refractivity contribution is 7.78. The van der Waals surface area contributed by atoms with E-state index >= 15 is 0 Å². The van der Waals surface area contributed by atoms with Crippen molar-refractivity contribution in [3.63, 3.8) is 0 Å². The first-order chi connectivity index (χ1) is 2.81. The second-order valence-electron chi connectivity index (χ2n) is 1.21. The summed E-state index contributed by atoms with van der Waals surface area (Å²) < 4.78 is 2.56. The van der Waals surface area contributed by atoms with Crippen LogP contribution in [0.1, 0.15) is 6.92 Å². The fourth-order valence-corrected chi connectivity index (χ4v) is 0.122. The van der Waals surface area contributed by atoms with Crippen LogP contribution in [0.4, 0.5) is 0 Å². The molecule has 0 aromatic rings. The molecular weight excluding hydrogens is 98.1 g/mol. The molecule has 0 radical (unpaired) electrons. The van der Waals surface area contributed by atoms with Gasteiger partial charge in [0.25, 0.3) is 0 Å². The monoisotopic (exact) mass is 107 g/mol. The van der Waals surface area contributed by atoms with E-state index in [2.05, 4.69) is 17.5 Å². The molecule has 0 aliphatic rings. The summed E-state index contributed by atoms with van der Waals surface area (Å²) in [6, 6.07) is 0.105. The van der Waals surface area contributed by atoms with Gasteiger partial charge >= 0.3 is 0 Å². The molecule has 0 aliphatic carbocycles. The molecular formula is C3H9NOS. The third kappa shape index (κ3) is 2.50. The van der Waals surface area contributed by atoms with E-state index in [0.717, 1.165) is 0 Å². The first-order valence-corrected chi connectivity index (χ1v) is 2.26. The largest absolute Gasteiger partial charge is 0.395 e. The van der Waals surface area contributed by atoms with Crippen molar-refractivity contribution in [3.8, 4) is 0 Å². The van der Waals surface area contributed by atoms with E-state index in [1.54, 1.807) is 0 Å². The summed E-state index contributed by atoms with van der Waals surface area (Å²) in [5, 5.41) is 8.22. The lowest BCUT2D eigenvalue weighted by Gasteiger charge is -2.00. The van der Waals surface area contributed by atoms with Crippen LogP contribution in [0.15, 0.2) is 0 Å². The van der Waals surface area contributed by atoms with Gasteiger partial charge in [-0.1, -0.05) is 12.8 Å². The zero-order chi connectivity index (χ0) is 4.99. The lowest BCUT2D eigenvalue weighted by atomic mass is 10.4. The standard InChI is InChI=1S/C3H9NOS/c1-3(2-5)4-6/h3-6H,2H2,1H3. The average molecular weight is 107 g/mol. The number of thiol groups is 1. The fraction of sp³-hybridized carbons (Fsp3) is 1.00. The second kappa shape index (κ2) is 3.46. The quantitative estimate of drug-likeness (QED) is 0.427. The number of aliphatic hydroxyl groups is 1. The lowest BCUT2D eigenvalue weighted by molar-refractivity contribution is 0.268. The van der Waals surface area contributed by atoms with Crippen molar-refractivity contribution in [1.82, 2.24) is 4.72 Å². The Morgan fingerprint density at radius 1 is 2.00 bits per heavy atom. The first kappa shape index (κ1) is 6.27. The van der Waals surface area contributed by atoms with Gasteiger partial charge in [-0.05, 0) is 6.92 Å². The van der Waals surface area contributed by atoms with Gasteiger partial charge in [0, 0.05) is 6.04 Å². The van der Waals surface area contributed by atoms with E-state index in [4.69, 9.17) is 5.11 Å². The predicted octanol–water partition coefficient (Wildman–Crippen LogP) is -0.198. The summed E-state index contributed by atoms with van der Waals surface area (Å²) in [4.78, 5) is 0. The van der Waals surface area contributed by atoms with Crippen LogP contribution >= 0.6 is 12.8 Å². The van der Waals surface area contributed by atoms with Gasteiger partial charge in [0.1, 0.15) is 0 Å². The Labute approximate surface area is 43.1 Å². The minimum absolute atomic E-state index is 0.105. The molecule has 0 bridgehead atoms. The van der Waals surface area contributed by atoms with Crippen molar-refractivity contribution < 1.29 is 5.11 Å². The molecule has 0 fully saturated rings. The highest BCUT2D eigenvalue weighted by atomic mass is 32.1. The normalized spacial score (nSPS) is 14.5. The maximum absolute atomic E-state index is 8.22. The molecule has 0 spiro atoms. The van der Waals surface area contributed by atoms with Gasteiger partial charge in [-0.25, -0.2) is 0 Å². The Hall–Kier alpha value is 0.270. The van der Waals surface area contributed by atoms with E-state index in [-0.39, 0.29) is 12.6 Å². The van der Waals surface area contributed by atoms with E-state index in [0.29, 0.717) is 0 Å². The molecule has 1 atom stereocenters. The number of hydrogen-bond acceptors (Lipinski definition) is 3. The molecule has 0 saturated carbocycles. The highest BCUT2D eigenvalue weighted by Gasteiger charge is 1.89. The topological polar surface area (TPSA) is 32.3 Å². The van der Waals surface area contributed by atoms with Gasteiger partial charge in [-0.15, -0.1) is 0 Å². The molecule has 0 aromatic carbocycles. The molecule has 0 rings (SSSR count). The Balaban J connectivity index is 2.75. The summed E-state index contributed by atoms with van der Waals surface area (Å²) in [5.41, 5.74) is 0. The van der Waals surface area contributed by atoms with Gasteiger partial charge in [0.05, 0.1) is 6.61 Å². The van der Waals surface area contributed by atoms with Crippen LogP contribution in [0.3, 0.4) is 0 Å². The maximum Gasteiger partial charge on any atom is 0.0590 e. The van der Waals surface area contributed by atoms with Crippen molar-refractivity contribution in [2.45, 2.75) is 13.0 Å². The molecule has 2 N–H and O–H groups in total. The van der Waals surface area contributed by atoms with Gasteiger partial charge in [0.2, 0.25) is 0 Å². The van der Waals surface area contributed by atoms with Gasteiger partial charge < -0.3 is 5.11 Å². The summed E-state index contributed by atoms with van der Waals surface area (Å²) in [6.45, 7) is 1.98.